The summed E-state index contributed by atoms with van der Waals surface area (Å²) in [6, 6.07) is 1.34. The molecule has 1 fully saturated rings. The highest BCUT2D eigenvalue weighted by Crippen LogP contribution is 2.40. The van der Waals surface area contributed by atoms with Crippen LogP contribution in [0.4, 0.5) is 0 Å². The van der Waals surface area contributed by atoms with E-state index in [1.807, 2.05) is 0 Å². The molecule has 0 saturated carbocycles. The van der Waals surface area contributed by atoms with E-state index in [0.29, 0.717) is 17.9 Å². The van der Waals surface area contributed by atoms with Crippen LogP contribution in [0.15, 0.2) is 11.1 Å². The maximum atomic E-state index is 12.0. The molecule has 0 aromatic carbocycles. The standard InChI is InChI=1S/C16H25NO/c1-10(2)14-7-6-12-8-13-11(9-15(12)17-14)4-3-5-16(13)18/h10,12,14-15,17H,3-9H2,1-2H3. The van der Waals surface area contributed by atoms with Crippen molar-refractivity contribution in [3.05, 3.63) is 11.1 Å². The molecule has 3 aliphatic rings. The van der Waals surface area contributed by atoms with Crippen LogP contribution in [0.2, 0.25) is 0 Å². The largest absolute Gasteiger partial charge is 0.310 e. The SMILES string of the molecule is CC(C)C1CCC2CC3=C(CCCC3=O)CC2N1. The predicted octanol–water partition coefficient (Wildman–Crippen LogP) is 3.22. The molecule has 2 aliphatic carbocycles. The van der Waals surface area contributed by atoms with Crippen molar-refractivity contribution in [2.24, 2.45) is 11.8 Å². The zero-order chi connectivity index (χ0) is 12.7. The van der Waals surface area contributed by atoms with Gasteiger partial charge >= 0.3 is 0 Å². The summed E-state index contributed by atoms with van der Waals surface area (Å²) in [5, 5.41) is 3.86. The van der Waals surface area contributed by atoms with Crippen molar-refractivity contribution in [3.63, 3.8) is 0 Å². The Morgan fingerprint density at radius 1 is 1.17 bits per heavy atom. The average molecular weight is 247 g/mol. The van der Waals surface area contributed by atoms with Crippen LogP contribution < -0.4 is 5.32 Å². The molecule has 0 amide bonds. The number of allylic oxidation sites excluding steroid dienone is 1. The summed E-state index contributed by atoms with van der Waals surface area (Å²) in [7, 11) is 0. The fourth-order valence-corrected chi connectivity index (χ4v) is 4.06. The minimum Gasteiger partial charge on any atom is -0.310 e. The van der Waals surface area contributed by atoms with E-state index in [4.69, 9.17) is 0 Å². The smallest absolute Gasteiger partial charge is 0.158 e. The number of nitrogens with one attached hydrogen (secondary N) is 1. The molecule has 3 rings (SSSR count). The number of carbonyl (C=O) groups excluding carboxylic acids is 1. The first-order chi connectivity index (χ1) is 8.65. The van der Waals surface area contributed by atoms with Crippen LogP contribution in [0.25, 0.3) is 0 Å². The van der Waals surface area contributed by atoms with E-state index >= 15 is 0 Å². The Bertz CT molecular complexity index is 383. The summed E-state index contributed by atoms with van der Waals surface area (Å²) in [6.45, 7) is 4.63. The summed E-state index contributed by atoms with van der Waals surface area (Å²) in [6.07, 6.45) is 7.88. The second-order valence-electron chi connectivity index (χ2n) is 6.73. The lowest BCUT2D eigenvalue weighted by atomic mass is 9.70. The van der Waals surface area contributed by atoms with Crippen molar-refractivity contribution in [2.45, 2.75) is 70.9 Å². The van der Waals surface area contributed by atoms with E-state index in [1.54, 1.807) is 0 Å². The molecule has 2 heteroatoms. The number of ketones is 1. The molecule has 1 heterocycles. The Hall–Kier alpha value is -0.630. The molecule has 1 N–H and O–H groups in total. The van der Waals surface area contributed by atoms with Crippen LogP contribution in [-0.2, 0) is 4.79 Å². The molecule has 0 aromatic rings. The molecule has 0 bridgehead atoms. The summed E-state index contributed by atoms with van der Waals surface area (Å²) in [5.41, 5.74) is 2.72. The molecule has 0 radical (unpaired) electrons. The lowest BCUT2D eigenvalue weighted by molar-refractivity contribution is -0.116. The molecule has 100 valence electrons. The number of hydrogen-bond acceptors (Lipinski definition) is 2. The van der Waals surface area contributed by atoms with Crippen molar-refractivity contribution in [3.8, 4) is 0 Å². The zero-order valence-electron chi connectivity index (χ0n) is 11.7. The van der Waals surface area contributed by atoms with Gasteiger partial charge in [0, 0.05) is 18.5 Å². The average Bonchev–Trinajstić information content (AvgIpc) is 2.36. The van der Waals surface area contributed by atoms with Gasteiger partial charge in [-0.15, -0.1) is 0 Å². The highest BCUT2D eigenvalue weighted by atomic mass is 16.1. The maximum Gasteiger partial charge on any atom is 0.158 e. The van der Waals surface area contributed by atoms with Crippen LogP contribution in [0, 0.1) is 11.8 Å². The Kier molecular flexibility index (Phi) is 3.31. The van der Waals surface area contributed by atoms with Crippen LogP contribution in [0.1, 0.15) is 58.8 Å². The van der Waals surface area contributed by atoms with Gasteiger partial charge < -0.3 is 5.32 Å². The predicted molar refractivity (Wildman–Crippen MR) is 73.4 cm³/mol. The van der Waals surface area contributed by atoms with Gasteiger partial charge in [0.15, 0.2) is 5.78 Å². The molecule has 3 unspecified atom stereocenters. The van der Waals surface area contributed by atoms with E-state index in [9.17, 15) is 4.79 Å². The Labute approximate surface area is 110 Å². The van der Waals surface area contributed by atoms with Gasteiger partial charge in [-0.2, -0.15) is 0 Å². The Balaban J connectivity index is 1.76. The van der Waals surface area contributed by atoms with Crippen molar-refractivity contribution in [2.75, 3.05) is 0 Å². The summed E-state index contributed by atoms with van der Waals surface area (Å²) < 4.78 is 0. The number of carbonyl (C=O) groups is 1. The van der Waals surface area contributed by atoms with Crippen LogP contribution in [0.3, 0.4) is 0 Å². The van der Waals surface area contributed by atoms with E-state index in [2.05, 4.69) is 19.2 Å². The van der Waals surface area contributed by atoms with E-state index in [-0.39, 0.29) is 0 Å². The third-order valence-corrected chi connectivity index (χ3v) is 5.23. The second kappa shape index (κ2) is 4.80. The van der Waals surface area contributed by atoms with Gasteiger partial charge in [0.1, 0.15) is 0 Å². The minimum absolute atomic E-state index is 0.459. The van der Waals surface area contributed by atoms with Crippen molar-refractivity contribution < 1.29 is 4.79 Å². The molecule has 0 spiro atoms. The zero-order valence-corrected chi connectivity index (χ0v) is 11.7. The van der Waals surface area contributed by atoms with Crippen molar-refractivity contribution >= 4 is 5.78 Å². The van der Waals surface area contributed by atoms with Crippen LogP contribution >= 0.6 is 0 Å². The van der Waals surface area contributed by atoms with E-state index in [0.717, 1.165) is 37.5 Å². The fourth-order valence-electron chi connectivity index (χ4n) is 4.06. The number of piperidine rings is 1. The maximum absolute atomic E-state index is 12.0. The number of fused-ring (bicyclic) bond motifs is 1. The summed E-state index contributed by atoms with van der Waals surface area (Å²) in [4.78, 5) is 12.0. The normalized spacial score (nSPS) is 36.6. The van der Waals surface area contributed by atoms with E-state index in [1.165, 1.54) is 30.4 Å². The molecule has 1 aliphatic heterocycles. The Morgan fingerprint density at radius 2 is 2.00 bits per heavy atom. The first-order valence-corrected chi connectivity index (χ1v) is 7.65. The van der Waals surface area contributed by atoms with Gasteiger partial charge in [0.25, 0.3) is 0 Å². The topological polar surface area (TPSA) is 29.1 Å². The molecular weight excluding hydrogens is 222 g/mol. The minimum atomic E-state index is 0.459. The van der Waals surface area contributed by atoms with Crippen LogP contribution in [0.5, 0.6) is 0 Å². The monoisotopic (exact) mass is 247 g/mol. The Morgan fingerprint density at radius 3 is 2.78 bits per heavy atom. The van der Waals surface area contributed by atoms with Gasteiger partial charge in [-0.1, -0.05) is 19.4 Å². The molecule has 2 nitrogen and oxygen atoms in total. The van der Waals surface area contributed by atoms with Gasteiger partial charge in [-0.3, -0.25) is 4.79 Å². The molecule has 18 heavy (non-hydrogen) atoms. The quantitative estimate of drug-likeness (QED) is 0.771. The number of Topliss-reactive ketones (excluding diaryl/α,β-unsaturated/α-hetero) is 1. The highest BCUT2D eigenvalue weighted by Gasteiger charge is 2.37. The van der Waals surface area contributed by atoms with Crippen molar-refractivity contribution in [1.29, 1.82) is 0 Å². The lowest BCUT2D eigenvalue weighted by Crippen LogP contribution is -2.51. The summed E-state index contributed by atoms with van der Waals surface area (Å²) in [5.74, 6) is 1.91. The fraction of sp³-hybridized carbons (Fsp3) is 0.812. The van der Waals surface area contributed by atoms with Crippen molar-refractivity contribution in [1.82, 2.24) is 5.32 Å². The molecule has 1 saturated heterocycles. The molecule has 3 atom stereocenters. The molecular formula is C16H25NO. The first kappa shape index (κ1) is 12.4. The van der Waals surface area contributed by atoms with Gasteiger partial charge in [-0.25, -0.2) is 0 Å². The third-order valence-electron chi connectivity index (χ3n) is 5.23. The first-order valence-electron chi connectivity index (χ1n) is 7.65. The molecule has 0 aromatic heterocycles. The third kappa shape index (κ3) is 2.16. The van der Waals surface area contributed by atoms with Gasteiger partial charge in [-0.05, 0) is 55.9 Å². The number of hydrogen-bond donors (Lipinski definition) is 1. The second-order valence-corrected chi connectivity index (χ2v) is 6.73. The number of rotatable bonds is 1. The van der Waals surface area contributed by atoms with Gasteiger partial charge in [0.05, 0.1) is 0 Å². The van der Waals surface area contributed by atoms with Gasteiger partial charge in [0.2, 0.25) is 0 Å². The van der Waals surface area contributed by atoms with E-state index < -0.39 is 0 Å². The van der Waals surface area contributed by atoms with Crippen LogP contribution in [-0.4, -0.2) is 17.9 Å². The lowest BCUT2D eigenvalue weighted by Gasteiger charge is -2.44. The highest BCUT2D eigenvalue weighted by molar-refractivity contribution is 5.97. The summed E-state index contributed by atoms with van der Waals surface area (Å²) >= 11 is 0.